The van der Waals surface area contributed by atoms with E-state index in [2.05, 4.69) is 10.6 Å². The second-order valence-corrected chi connectivity index (χ2v) is 5.65. The van der Waals surface area contributed by atoms with E-state index in [9.17, 15) is 9.90 Å². The van der Waals surface area contributed by atoms with E-state index < -0.39 is 12.3 Å². The molecule has 0 aliphatic rings. The van der Waals surface area contributed by atoms with Gasteiger partial charge in [-0.1, -0.05) is 42.5 Å². The van der Waals surface area contributed by atoms with Crippen molar-refractivity contribution in [3.05, 3.63) is 71.3 Å². The highest BCUT2D eigenvalue weighted by molar-refractivity contribution is 5.93. The van der Waals surface area contributed by atoms with Crippen molar-refractivity contribution in [3.63, 3.8) is 0 Å². The lowest BCUT2D eigenvalue weighted by Crippen LogP contribution is -2.44. The Balaban J connectivity index is 1.91. The fraction of sp³-hybridized carbons (Fsp3) is 0.278. The Kier molecular flexibility index (Phi) is 6.45. The number of nitrogens with one attached hydrogen (secondary N) is 3. The Morgan fingerprint density at radius 1 is 0.875 bits per heavy atom. The predicted molar refractivity (Wildman–Crippen MR) is 91.2 cm³/mol. The maximum Gasteiger partial charge on any atom is 0.274 e. The molecule has 6 heteroatoms. The van der Waals surface area contributed by atoms with Crippen LogP contribution in [0.25, 0.3) is 0 Å². The normalized spacial score (nSPS) is 14.7. The van der Waals surface area contributed by atoms with E-state index in [1.165, 1.54) is 0 Å². The zero-order valence-electron chi connectivity index (χ0n) is 13.7. The van der Waals surface area contributed by atoms with Gasteiger partial charge >= 0.3 is 0 Å². The Labute approximate surface area is 141 Å². The molecule has 5 N–H and O–H groups in total. The molecule has 0 aliphatic heterocycles. The van der Waals surface area contributed by atoms with Crippen molar-refractivity contribution in [1.29, 1.82) is 0 Å². The molecule has 3 atom stereocenters. The van der Waals surface area contributed by atoms with E-state index in [1.807, 2.05) is 44.2 Å². The molecular weight excluding hydrogens is 306 g/mol. The van der Waals surface area contributed by atoms with Crippen molar-refractivity contribution in [1.82, 2.24) is 16.1 Å². The van der Waals surface area contributed by atoms with E-state index in [4.69, 9.17) is 5.21 Å². The number of hydroxylamine groups is 1. The number of rotatable bonds is 7. The molecule has 2 rings (SSSR count). The number of hydrogen-bond acceptors (Lipinski definition) is 5. The van der Waals surface area contributed by atoms with Crippen LogP contribution in [0.15, 0.2) is 54.6 Å². The van der Waals surface area contributed by atoms with Gasteiger partial charge in [0.15, 0.2) is 6.35 Å². The number of aliphatic hydroxyl groups excluding tert-OH is 1. The largest absolute Gasteiger partial charge is 0.365 e. The third-order valence-electron chi connectivity index (χ3n) is 3.89. The van der Waals surface area contributed by atoms with Gasteiger partial charge in [0.25, 0.3) is 5.91 Å². The SMILES string of the molecule is CC(NC(O)NC(C)c1ccc(C(=O)NO)cc1)c1ccccc1. The van der Waals surface area contributed by atoms with Crippen molar-refractivity contribution in [2.45, 2.75) is 32.3 Å². The summed E-state index contributed by atoms with van der Waals surface area (Å²) < 4.78 is 0. The maximum atomic E-state index is 11.3. The summed E-state index contributed by atoms with van der Waals surface area (Å²) in [6, 6.07) is 16.5. The van der Waals surface area contributed by atoms with Gasteiger partial charge in [0, 0.05) is 17.6 Å². The molecule has 0 heterocycles. The van der Waals surface area contributed by atoms with Crippen LogP contribution in [0, 0.1) is 0 Å². The zero-order chi connectivity index (χ0) is 17.5. The molecule has 6 nitrogen and oxygen atoms in total. The second kappa shape index (κ2) is 8.56. The molecule has 1 amide bonds. The van der Waals surface area contributed by atoms with Crippen molar-refractivity contribution < 1.29 is 15.1 Å². The average Bonchev–Trinajstić information content (AvgIpc) is 2.61. The summed E-state index contributed by atoms with van der Waals surface area (Å²) in [4.78, 5) is 11.3. The van der Waals surface area contributed by atoms with Gasteiger partial charge < -0.3 is 5.11 Å². The smallest absolute Gasteiger partial charge is 0.274 e. The van der Waals surface area contributed by atoms with Crippen LogP contribution < -0.4 is 16.1 Å². The lowest BCUT2D eigenvalue weighted by molar-refractivity contribution is 0.0705. The van der Waals surface area contributed by atoms with Gasteiger partial charge in [0.05, 0.1) is 0 Å². The molecule has 0 saturated heterocycles. The minimum atomic E-state index is -0.879. The highest BCUT2D eigenvalue weighted by Crippen LogP contribution is 2.15. The molecule has 0 fully saturated rings. The van der Waals surface area contributed by atoms with E-state index >= 15 is 0 Å². The first-order chi connectivity index (χ1) is 11.5. The zero-order valence-corrected chi connectivity index (χ0v) is 13.7. The van der Waals surface area contributed by atoms with Gasteiger partial charge in [0.1, 0.15) is 0 Å². The summed E-state index contributed by atoms with van der Waals surface area (Å²) in [7, 11) is 0. The maximum absolute atomic E-state index is 11.3. The van der Waals surface area contributed by atoms with Gasteiger partial charge in [0.2, 0.25) is 0 Å². The molecule has 24 heavy (non-hydrogen) atoms. The quantitative estimate of drug-likeness (QED) is 0.305. The standard InChI is InChI=1S/C18H23N3O3/c1-12(14-6-4-3-5-7-14)19-18(23)20-13(2)15-8-10-16(11-9-15)17(22)21-24/h3-13,18-20,23-24H,1-2H3,(H,21,22). The summed E-state index contributed by atoms with van der Waals surface area (Å²) >= 11 is 0. The third kappa shape index (κ3) is 4.87. The minimum absolute atomic E-state index is 0.00322. The predicted octanol–water partition coefficient (Wildman–Crippen LogP) is 2.08. The molecule has 0 radical (unpaired) electrons. The highest BCUT2D eigenvalue weighted by atomic mass is 16.5. The van der Waals surface area contributed by atoms with Gasteiger partial charge in [-0.15, -0.1) is 0 Å². The number of hydrogen-bond donors (Lipinski definition) is 5. The van der Waals surface area contributed by atoms with Crippen molar-refractivity contribution in [3.8, 4) is 0 Å². The molecule has 3 unspecified atom stereocenters. The Morgan fingerprint density at radius 2 is 1.38 bits per heavy atom. The van der Waals surface area contributed by atoms with Crippen LogP contribution in [0.5, 0.6) is 0 Å². The number of amides is 1. The first-order valence-electron chi connectivity index (χ1n) is 7.80. The van der Waals surface area contributed by atoms with Gasteiger partial charge in [-0.3, -0.25) is 20.6 Å². The number of benzene rings is 2. The summed E-state index contributed by atoms with van der Waals surface area (Å²) in [5.74, 6) is -0.555. The van der Waals surface area contributed by atoms with Crippen LogP contribution in [0.4, 0.5) is 0 Å². The second-order valence-electron chi connectivity index (χ2n) is 5.65. The molecule has 128 valence electrons. The topological polar surface area (TPSA) is 93.6 Å². The molecular formula is C18H23N3O3. The molecule has 0 bridgehead atoms. The lowest BCUT2D eigenvalue weighted by Gasteiger charge is -2.24. The fourth-order valence-corrected chi connectivity index (χ4v) is 2.44. The third-order valence-corrected chi connectivity index (χ3v) is 3.89. The molecule has 0 aromatic heterocycles. The van der Waals surface area contributed by atoms with Gasteiger partial charge in [-0.25, -0.2) is 5.48 Å². The summed E-state index contributed by atoms with van der Waals surface area (Å²) in [6.07, 6.45) is -0.879. The van der Waals surface area contributed by atoms with Crippen LogP contribution in [0.2, 0.25) is 0 Å². The lowest BCUT2D eigenvalue weighted by atomic mass is 10.1. The summed E-state index contributed by atoms with van der Waals surface area (Å²) in [6.45, 7) is 3.90. The monoisotopic (exact) mass is 329 g/mol. The molecule has 0 spiro atoms. The van der Waals surface area contributed by atoms with Crippen LogP contribution in [0.1, 0.15) is 47.4 Å². The molecule has 0 aliphatic carbocycles. The van der Waals surface area contributed by atoms with Crippen LogP contribution >= 0.6 is 0 Å². The van der Waals surface area contributed by atoms with Crippen LogP contribution in [-0.2, 0) is 0 Å². The first kappa shape index (κ1) is 18.1. The highest BCUT2D eigenvalue weighted by Gasteiger charge is 2.14. The average molecular weight is 329 g/mol. The van der Waals surface area contributed by atoms with Crippen LogP contribution in [-0.4, -0.2) is 22.6 Å². The Bertz CT molecular complexity index is 646. The Morgan fingerprint density at radius 3 is 1.88 bits per heavy atom. The van der Waals surface area contributed by atoms with Gasteiger partial charge in [-0.2, -0.15) is 0 Å². The van der Waals surface area contributed by atoms with Crippen molar-refractivity contribution in [2.75, 3.05) is 0 Å². The van der Waals surface area contributed by atoms with E-state index in [0.717, 1.165) is 11.1 Å². The van der Waals surface area contributed by atoms with E-state index in [1.54, 1.807) is 29.7 Å². The van der Waals surface area contributed by atoms with Crippen molar-refractivity contribution in [2.24, 2.45) is 0 Å². The van der Waals surface area contributed by atoms with Gasteiger partial charge in [-0.05, 0) is 37.1 Å². The van der Waals surface area contributed by atoms with Crippen LogP contribution in [0.3, 0.4) is 0 Å². The van der Waals surface area contributed by atoms with E-state index in [0.29, 0.717) is 5.56 Å². The first-order valence-corrected chi connectivity index (χ1v) is 7.80. The number of carbonyl (C=O) groups excluding carboxylic acids is 1. The van der Waals surface area contributed by atoms with Crippen molar-refractivity contribution >= 4 is 5.91 Å². The fourth-order valence-electron chi connectivity index (χ4n) is 2.44. The number of carbonyl (C=O) groups is 1. The Hall–Kier alpha value is -2.25. The summed E-state index contributed by atoms with van der Waals surface area (Å²) in [5.41, 5.74) is 3.96. The molecule has 0 saturated carbocycles. The minimum Gasteiger partial charge on any atom is -0.365 e. The molecule has 2 aromatic carbocycles. The molecule has 2 aromatic rings. The summed E-state index contributed by atoms with van der Waals surface area (Å²) in [5, 5.41) is 24.9. The van der Waals surface area contributed by atoms with E-state index in [-0.39, 0.29) is 12.1 Å². The number of aliphatic hydroxyl groups is 1.